The minimum absolute atomic E-state index is 0.0670. The van der Waals surface area contributed by atoms with E-state index in [1.54, 1.807) is 0 Å². The van der Waals surface area contributed by atoms with Gasteiger partial charge in [-0.2, -0.15) is 0 Å². The van der Waals surface area contributed by atoms with Gasteiger partial charge in [0, 0.05) is 29.4 Å². The normalized spacial score (nSPS) is 16.6. The van der Waals surface area contributed by atoms with Gasteiger partial charge < -0.3 is 10.0 Å². The first-order valence-electron chi connectivity index (χ1n) is 12.3. The zero-order valence-corrected chi connectivity index (χ0v) is 21.9. The van der Waals surface area contributed by atoms with E-state index in [1.165, 1.54) is 22.5 Å². The Morgan fingerprint density at radius 3 is 2.03 bits per heavy atom. The molecule has 4 rings (SSSR count). The second-order valence-corrected chi connectivity index (χ2v) is 10.0. The van der Waals surface area contributed by atoms with Crippen molar-refractivity contribution in [3.8, 4) is 0 Å². The number of aryl methyl sites for hydroxylation is 2. The molecule has 0 radical (unpaired) electrons. The number of nitrogens with zero attached hydrogens (tertiary/aromatic N) is 1. The molecule has 0 spiro atoms. The SMILES string of the molecule is C=C(/C=C/C=C1/N(C)c2ccccc2C1(C)C)/C=C(\C=C(/O)c1ccc(C)cc1)c1ccc(C)cc1. The van der Waals surface area contributed by atoms with E-state index >= 15 is 0 Å². The Morgan fingerprint density at radius 1 is 0.833 bits per heavy atom. The molecule has 0 aromatic heterocycles. The van der Waals surface area contributed by atoms with Gasteiger partial charge in [-0.3, -0.25) is 0 Å². The molecule has 36 heavy (non-hydrogen) atoms. The third kappa shape index (κ3) is 5.28. The number of rotatable bonds is 6. The first-order valence-corrected chi connectivity index (χ1v) is 12.3. The van der Waals surface area contributed by atoms with Crippen molar-refractivity contribution in [2.45, 2.75) is 33.1 Å². The van der Waals surface area contributed by atoms with Crippen molar-refractivity contribution in [3.63, 3.8) is 0 Å². The van der Waals surface area contributed by atoms with Gasteiger partial charge in [0.1, 0.15) is 5.76 Å². The Morgan fingerprint density at radius 2 is 1.42 bits per heavy atom. The van der Waals surface area contributed by atoms with Crippen LogP contribution in [-0.2, 0) is 5.41 Å². The van der Waals surface area contributed by atoms with E-state index in [1.807, 2.05) is 49.4 Å². The fourth-order valence-corrected chi connectivity index (χ4v) is 4.72. The molecule has 2 heteroatoms. The van der Waals surface area contributed by atoms with Gasteiger partial charge in [-0.15, -0.1) is 0 Å². The van der Waals surface area contributed by atoms with Crippen LogP contribution < -0.4 is 4.90 Å². The number of hydrogen-bond donors (Lipinski definition) is 1. The Labute approximate surface area is 215 Å². The van der Waals surface area contributed by atoms with Crippen molar-refractivity contribution in [2.24, 2.45) is 0 Å². The summed E-state index contributed by atoms with van der Waals surface area (Å²) in [6, 6.07) is 24.8. The smallest absolute Gasteiger partial charge is 0.123 e. The van der Waals surface area contributed by atoms with E-state index in [0.717, 1.165) is 27.8 Å². The topological polar surface area (TPSA) is 23.5 Å². The largest absolute Gasteiger partial charge is 0.507 e. The Kier molecular flexibility index (Phi) is 7.17. The molecule has 0 bridgehead atoms. The third-order valence-corrected chi connectivity index (χ3v) is 6.87. The van der Waals surface area contributed by atoms with Crippen molar-refractivity contribution < 1.29 is 5.11 Å². The van der Waals surface area contributed by atoms with Gasteiger partial charge in [-0.1, -0.05) is 110 Å². The van der Waals surface area contributed by atoms with Crippen molar-refractivity contribution in [1.29, 1.82) is 0 Å². The van der Waals surface area contributed by atoms with Gasteiger partial charge in [0.15, 0.2) is 0 Å². The number of benzene rings is 3. The molecule has 0 fully saturated rings. The molecule has 1 aliphatic rings. The highest BCUT2D eigenvalue weighted by Crippen LogP contribution is 2.46. The van der Waals surface area contributed by atoms with E-state index in [2.05, 4.69) is 100.0 Å². The number of fused-ring (bicyclic) bond motifs is 1. The van der Waals surface area contributed by atoms with Crippen molar-refractivity contribution in [3.05, 3.63) is 149 Å². The lowest BCUT2D eigenvalue weighted by atomic mass is 9.84. The van der Waals surface area contributed by atoms with Crippen LogP contribution in [0.3, 0.4) is 0 Å². The van der Waals surface area contributed by atoms with E-state index in [-0.39, 0.29) is 11.2 Å². The first kappa shape index (κ1) is 25.1. The highest BCUT2D eigenvalue weighted by molar-refractivity contribution is 5.83. The summed E-state index contributed by atoms with van der Waals surface area (Å²) < 4.78 is 0. The van der Waals surface area contributed by atoms with Crippen LogP contribution in [0.15, 0.2) is 121 Å². The van der Waals surface area contributed by atoms with Crippen LogP contribution in [0.1, 0.15) is 41.7 Å². The first-order chi connectivity index (χ1) is 17.2. The lowest BCUT2D eigenvalue weighted by molar-refractivity contribution is 0.512. The molecule has 0 amide bonds. The molecule has 2 nitrogen and oxygen atoms in total. The quantitative estimate of drug-likeness (QED) is 0.286. The second-order valence-electron chi connectivity index (χ2n) is 10.0. The Bertz CT molecular complexity index is 1380. The summed E-state index contributed by atoms with van der Waals surface area (Å²) in [6.07, 6.45) is 10.1. The van der Waals surface area contributed by atoms with E-state index < -0.39 is 0 Å². The minimum atomic E-state index is -0.0670. The maximum Gasteiger partial charge on any atom is 0.123 e. The standard InChI is InChI=1S/C34H35NO/c1-24-14-18-27(19-15-24)29(23-32(36)28-20-16-25(2)17-21-28)22-26(3)10-9-13-33-34(4,5)30-11-7-8-12-31(30)35(33)6/h7-23,36H,3H2,1-2,4-6H3/b10-9+,29-22+,32-23-,33-13+. The van der Waals surface area contributed by atoms with Gasteiger partial charge in [0.2, 0.25) is 0 Å². The van der Waals surface area contributed by atoms with Crippen LogP contribution in [0.5, 0.6) is 0 Å². The Balaban J connectivity index is 1.63. The minimum Gasteiger partial charge on any atom is -0.507 e. The summed E-state index contributed by atoms with van der Waals surface area (Å²) in [6.45, 7) is 12.9. The zero-order valence-electron chi connectivity index (χ0n) is 21.9. The van der Waals surface area contributed by atoms with Crippen molar-refractivity contribution in [2.75, 3.05) is 11.9 Å². The van der Waals surface area contributed by atoms with Crippen LogP contribution in [0.2, 0.25) is 0 Å². The van der Waals surface area contributed by atoms with Gasteiger partial charge in [-0.05, 0) is 60.4 Å². The highest BCUT2D eigenvalue weighted by Gasteiger charge is 2.37. The van der Waals surface area contributed by atoms with E-state index in [4.69, 9.17) is 0 Å². The number of hydrogen-bond acceptors (Lipinski definition) is 2. The Hall–Kier alpha value is -4.04. The fourth-order valence-electron chi connectivity index (χ4n) is 4.72. The van der Waals surface area contributed by atoms with Crippen LogP contribution in [0.4, 0.5) is 5.69 Å². The fraction of sp³-hybridized carbons (Fsp3) is 0.176. The molecule has 3 aromatic rings. The van der Waals surface area contributed by atoms with Crippen molar-refractivity contribution >= 4 is 17.0 Å². The summed E-state index contributed by atoms with van der Waals surface area (Å²) in [5.74, 6) is 0.229. The van der Waals surface area contributed by atoms with Crippen LogP contribution in [-0.4, -0.2) is 12.2 Å². The molecule has 0 saturated heterocycles. The average Bonchev–Trinajstić information content (AvgIpc) is 3.05. The molecule has 0 aliphatic carbocycles. The third-order valence-electron chi connectivity index (χ3n) is 6.87. The summed E-state index contributed by atoms with van der Waals surface area (Å²) in [5.41, 5.74) is 9.69. The lowest BCUT2D eigenvalue weighted by Gasteiger charge is -2.23. The number of para-hydroxylation sites is 1. The predicted octanol–water partition coefficient (Wildman–Crippen LogP) is 8.71. The summed E-state index contributed by atoms with van der Waals surface area (Å²) >= 11 is 0. The predicted molar refractivity (Wildman–Crippen MR) is 155 cm³/mol. The highest BCUT2D eigenvalue weighted by atomic mass is 16.3. The molecule has 0 atom stereocenters. The molecule has 0 saturated carbocycles. The van der Waals surface area contributed by atoms with Crippen LogP contribution >= 0.6 is 0 Å². The molecule has 1 heterocycles. The van der Waals surface area contributed by atoms with Crippen LogP contribution in [0.25, 0.3) is 11.3 Å². The second kappa shape index (κ2) is 10.3. The van der Waals surface area contributed by atoms with E-state index in [0.29, 0.717) is 0 Å². The molecule has 0 unspecified atom stereocenters. The number of aliphatic hydroxyl groups excluding tert-OH is 1. The summed E-state index contributed by atoms with van der Waals surface area (Å²) in [7, 11) is 2.12. The number of aliphatic hydroxyl groups is 1. The van der Waals surface area contributed by atoms with Gasteiger partial charge in [0.25, 0.3) is 0 Å². The van der Waals surface area contributed by atoms with E-state index in [9.17, 15) is 5.11 Å². The molecule has 182 valence electrons. The monoisotopic (exact) mass is 473 g/mol. The van der Waals surface area contributed by atoms with Gasteiger partial charge in [-0.25, -0.2) is 0 Å². The van der Waals surface area contributed by atoms with Crippen LogP contribution in [0, 0.1) is 13.8 Å². The molecule has 3 aromatic carbocycles. The summed E-state index contributed by atoms with van der Waals surface area (Å²) in [5, 5.41) is 10.9. The maximum atomic E-state index is 10.9. The molecular weight excluding hydrogens is 438 g/mol. The zero-order chi connectivity index (χ0) is 25.9. The van der Waals surface area contributed by atoms with Gasteiger partial charge in [0.05, 0.1) is 0 Å². The number of allylic oxidation sites excluding steroid dienone is 8. The lowest BCUT2D eigenvalue weighted by Crippen LogP contribution is -2.22. The average molecular weight is 474 g/mol. The maximum absolute atomic E-state index is 10.9. The number of likely N-dealkylation sites (N-methyl/N-ethyl adjacent to an activating group) is 1. The molecule has 1 aliphatic heterocycles. The molecular formula is C34H35NO. The molecule has 1 N–H and O–H groups in total. The number of anilines is 1. The van der Waals surface area contributed by atoms with Crippen molar-refractivity contribution in [1.82, 2.24) is 0 Å². The summed E-state index contributed by atoms with van der Waals surface area (Å²) in [4.78, 5) is 2.26. The van der Waals surface area contributed by atoms with Gasteiger partial charge >= 0.3 is 0 Å².